The number of fused-ring (bicyclic) bond motifs is 2. The topological polar surface area (TPSA) is 233 Å². The van der Waals surface area contributed by atoms with Gasteiger partial charge in [-0.1, -0.05) is 36.4 Å². The molecule has 2 aliphatic carbocycles. The van der Waals surface area contributed by atoms with Crippen molar-refractivity contribution in [3.05, 3.63) is 108 Å². The van der Waals surface area contributed by atoms with Crippen molar-refractivity contribution in [3.8, 4) is 23.0 Å². The number of alkyl halides is 3. The SMILES string of the molecule is COc1cncc(C([C@@H]2C[C@H]2C(=O)N[C@H]2CC(C)(C)Oc3ccccc32)N2C(=N)NC(C)(C)C(COc3cncc(C([C@@H]4C[C@H]4C(=O)N[C@H]4C[C@H](C(F)(F)F)Oc5ccccc54)N4C(=N)NC(C)(C)CC4=O)c3)C2=O)c1. The Morgan fingerprint density at radius 1 is 0.776 bits per heavy atom. The number of rotatable bonds is 14. The Hall–Kier alpha value is -7.45. The molecule has 4 aliphatic heterocycles. The highest BCUT2D eigenvalue weighted by Gasteiger charge is 2.57. The molecule has 10 rings (SSSR count). The van der Waals surface area contributed by atoms with E-state index < -0.39 is 94.9 Å². The number of methoxy groups -OCH3 is 1. The molecule has 2 saturated carbocycles. The van der Waals surface area contributed by atoms with Crippen LogP contribution in [-0.4, -0.2) is 98.0 Å². The predicted molar refractivity (Wildman–Crippen MR) is 270 cm³/mol. The Labute approximate surface area is 438 Å². The third-order valence-electron chi connectivity index (χ3n) is 15.6. The maximum absolute atomic E-state index is 15.2. The number of ether oxygens (including phenoxy) is 4. The van der Waals surface area contributed by atoms with Crippen molar-refractivity contribution in [1.82, 2.24) is 41.0 Å². The number of guanidine groups is 2. The van der Waals surface area contributed by atoms with Gasteiger partial charge in [0.15, 0.2) is 18.0 Å². The van der Waals surface area contributed by atoms with Crippen molar-refractivity contribution in [2.45, 2.75) is 127 Å². The van der Waals surface area contributed by atoms with E-state index in [-0.39, 0.29) is 60.7 Å². The molecular weight excluding hydrogens is 986 g/mol. The minimum absolute atomic E-state index is 0.0239. The number of para-hydroxylation sites is 2. The van der Waals surface area contributed by atoms with E-state index in [0.717, 1.165) is 5.56 Å². The van der Waals surface area contributed by atoms with Crippen LogP contribution in [0.2, 0.25) is 0 Å². The minimum Gasteiger partial charge on any atom is -0.495 e. The van der Waals surface area contributed by atoms with Crippen molar-refractivity contribution in [2.75, 3.05) is 13.7 Å². The lowest BCUT2D eigenvalue weighted by atomic mass is 9.83. The predicted octanol–water partition coefficient (Wildman–Crippen LogP) is 7.20. The lowest BCUT2D eigenvalue weighted by molar-refractivity contribution is -0.201. The molecule has 0 bridgehead atoms. The van der Waals surface area contributed by atoms with Crippen molar-refractivity contribution in [3.63, 3.8) is 0 Å². The maximum Gasteiger partial charge on any atom is 0.425 e. The molecule has 4 amide bonds. The molecule has 3 unspecified atom stereocenters. The third kappa shape index (κ3) is 10.3. The quantitative estimate of drug-likeness (QED) is 0.0736. The zero-order valence-electron chi connectivity index (χ0n) is 43.3. The average molecular weight is 1050 g/mol. The number of nitrogens with one attached hydrogen (secondary N) is 6. The van der Waals surface area contributed by atoms with E-state index in [9.17, 15) is 33.0 Å². The van der Waals surface area contributed by atoms with E-state index >= 15 is 4.79 Å². The van der Waals surface area contributed by atoms with Crippen LogP contribution in [0.1, 0.15) is 120 Å². The Bertz CT molecular complexity index is 2970. The van der Waals surface area contributed by atoms with Crippen LogP contribution in [-0.2, 0) is 19.2 Å². The molecular formula is C55H63F3N10O8. The summed E-state index contributed by atoms with van der Waals surface area (Å²) in [6, 6.07) is 14.3. The summed E-state index contributed by atoms with van der Waals surface area (Å²) in [5.74, 6) is -3.60. The van der Waals surface area contributed by atoms with Crippen LogP contribution in [0.5, 0.6) is 23.0 Å². The molecule has 18 nitrogen and oxygen atoms in total. The second-order valence-electron chi connectivity index (χ2n) is 22.7. The molecule has 10 atom stereocenters. The number of halogens is 3. The van der Waals surface area contributed by atoms with E-state index in [1.807, 2.05) is 38.1 Å². The third-order valence-corrected chi connectivity index (χ3v) is 15.6. The van der Waals surface area contributed by atoms with Gasteiger partial charge in [-0.25, -0.2) is 0 Å². The zero-order chi connectivity index (χ0) is 54.2. The number of pyridine rings is 2. The monoisotopic (exact) mass is 1050 g/mol. The first-order valence-electron chi connectivity index (χ1n) is 25.6. The fourth-order valence-corrected chi connectivity index (χ4v) is 11.6. The molecule has 76 heavy (non-hydrogen) atoms. The summed E-state index contributed by atoms with van der Waals surface area (Å²) >= 11 is 0. The van der Waals surface area contributed by atoms with Gasteiger partial charge in [-0.2, -0.15) is 13.2 Å². The van der Waals surface area contributed by atoms with Crippen molar-refractivity contribution in [1.29, 1.82) is 10.8 Å². The van der Waals surface area contributed by atoms with Crippen LogP contribution in [0, 0.1) is 40.4 Å². The van der Waals surface area contributed by atoms with Gasteiger partial charge in [0.2, 0.25) is 23.6 Å². The normalized spacial score (nSPS) is 27.7. The van der Waals surface area contributed by atoms with Gasteiger partial charge < -0.3 is 40.2 Å². The Balaban J connectivity index is 0.891. The highest BCUT2D eigenvalue weighted by atomic mass is 19.4. The van der Waals surface area contributed by atoms with Gasteiger partial charge >= 0.3 is 6.18 Å². The Kier molecular flexibility index (Phi) is 13.2. The van der Waals surface area contributed by atoms with Crippen molar-refractivity contribution in [2.24, 2.45) is 29.6 Å². The standard InChI is InChI=1S/C55H63F3N10O8/c1-52(2)22-44(69)67(50(59)65-52)45(34-18-36(34)47(70)63-39-20-43(55(56,57)58)75-41-14-10-8-12-32(39)41)29-17-31(26-62-24-29)74-27-38-49(72)68(51(60)66-54(38,5)6)46(28-16-30(73-7)25-61-23-28)35-19-37(35)48(71)64-40-21-53(3,4)76-42-15-11-9-13-33(40)42/h8-17,23-26,34-40,43,45-46H,18-22,27H2,1-7H3,(H2,59,65)(H2,60,66)(H,63,70)(H,64,71)/t34-,35-,36-,37-,38?,39+,40+,43-,45?,46?/m1/s1. The van der Waals surface area contributed by atoms with Crippen LogP contribution in [0.4, 0.5) is 13.2 Å². The number of hydrogen-bond acceptors (Lipinski definition) is 12. The van der Waals surface area contributed by atoms with Gasteiger partial charge in [-0.05, 0) is 102 Å². The van der Waals surface area contributed by atoms with Gasteiger partial charge in [0, 0.05) is 65.7 Å². The second kappa shape index (κ2) is 19.3. The van der Waals surface area contributed by atoms with E-state index in [4.69, 9.17) is 24.4 Å². The molecule has 0 spiro atoms. The maximum atomic E-state index is 15.2. The molecule has 2 aromatic carbocycles. The smallest absolute Gasteiger partial charge is 0.425 e. The van der Waals surface area contributed by atoms with Gasteiger partial charge in [-0.3, -0.25) is 49.8 Å². The first kappa shape index (κ1) is 52.0. The summed E-state index contributed by atoms with van der Waals surface area (Å²) in [5, 5.41) is 30.8. The molecule has 6 aliphatic rings. The summed E-state index contributed by atoms with van der Waals surface area (Å²) in [6.45, 7) is 10.9. The fourth-order valence-electron chi connectivity index (χ4n) is 11.6. The number of carbonyl (C=O) groups is 4. The Morgan fingerprint density at radius 3 is 1.95 bits per heavy atom. The van der Waals surface area contributed by atoms with E-state index in [1.54, 1.807) is 64.2 Å². The van der Waals surface area contributed by atoms with Gasteiger partial charge in [0.05, 0.1) is 49.6 Å². The Morgan fingerprint density at radius 2 is 1.33 bits per heavy atom. The van der Waals surface area contributed by atoms with Crippen LogP contribution < -0.4 is 40.2 Å². The molecule has 0 radical (unpaired) electrons. The molecule has 4 aromatic rings. The molecule has 2 saturated heterocycles. The molecule has 4 fully saturated rings. The van der Waals surface area contributed by atoms with Crippen molar-refractivity contribution < 1.29 is 51.3 Å². The van der Waals surface area contributed by atoms with Crippen LogP contribution in [0.25, 0.3) is 0 Å². The van der Waals surface area contributed by atoms with Crippen LogP contribution >= 0.6 is 0 Å². The zero-order valence-corrected chi connectivity index (χ0v) is 43.3. The van der Waals surface area contributed by atoms with Gasteiger partial charge in [0.1, 0.15) is 35.2 Å². The van der Waals surface area contributed by atoms with Crippen molar-refractivity contribution >= 4 is 35.5 Å². The second-order valence-corrected chi connectivity index (χ2v) is 22.7. The van der Waals surface area contributed by atoms with E-state index in [2.05, 4.69) is 31.2 Å². The summed E-state index contributed by atoms with van der Waals surface area (Å²) in [6.07, 6.45) is 0.0438. The number of benzene rings is 2. The number of amides is 4. The van der Waals surface area contributed by atoms with E-state index in [1.165, 1.54) is 41.6 Å². The first-order chi connectivity index (χ1) is 35.9. The summed E-state index contributed by atoms with van der Waals surface area (Å²) < 4.78 is 65.6. The summed E-state index contributed by atoms with van der Waals surface area (Å²) in [7, 11) is 1.51. The fraction of sp³-hybridized carbons (Fsp3) is 0.491. The number of aromatic nitrogens is 2. The first-order valence-corrected chi connectivity index (χ1v) is 25.6. The van der Waals surface area contributed by atoms with E-state index in [0.29, 0.717) is 41.0 Å². The summed E-state index contributed by atoms with van der Waals surface area (Å²) in [5.41, 5.74) is 0.00374. The molecule has 21 heteroatoms. The van der Waals surface area contributed by atoms with Gasteiger partial charge in [0.25, 0.3) is 0 Å². The molecule has 2 aromatic heterocycles. The number of carbonyl (C=O) groups excluding carboxylic acids is 4. The molecule has 6 N–H and O–H groups in total. The lowest BCUT2D eigenvalue weighted by Gasteiger charge is -2.47. The molecule has 402 valence electrons. The minimum atomic E-state index is -4.67. The largest absolute Gasteiger partial charge is 0.495 e. The number of nitrogens with zero attached hydrogens (tertiary/aromatic N) is 4. The average Bonchev–Trinajstić information content (AvgIpc) is 4.32. The highest BCUT2D eigenvalue weighted by Crippen LogP contribution is 2.54. The van der Waals surface area contributed by atoms with Crippen LogP contribution in [0.3, 0.4) is 0 Å². The van der Waals surface area contributed by atoms with Gasteiger partial charge in [-0.15, -0.1) is 0 Å². The lowest BCUT2D eigenvalue weighted by Crippen LogP contribution is -2.67. The highest BCUT2D eigenvalue weighted by molar-refractivity contribution is 6.01. The summed E-state index contributed by atoms with van der Waals surface area (Å²) in [4.78, 5) is 69.1. The molecule has 6 heterocycles. The van der Waals surface area contributed by atoms with Crippen LogP contribution in [0.15, 0.2) is 85.5 Å². The number of hydrogen-bond donors (Lipinski definition) is 6.